The molecule has 8 nitrogen and oxygen atoms in total. The minimum Gasteiger partial charge on any atom is -0.336 e. The van der Waals surface area contributed by atoms with Crippen LogP contribution in [0.3, 0.4) is 0 Å². The summed E-state index contributed by atoms with van der Waals surface area (Å²) in [7, 11) is 0. The standard InChI is InChI=1S/C26H28N6O2/c1-3-29-13-15-30(16-14-29)25(33)20-17-21-24(28-22-11-7-8-12-31(22)26(21)34)32(23(20)27)18(2)19-9-5-4-6-10-19/h4-12,17-18,27H,3,13-16H2,1-2H3. The van der Waals surface area contributed by atoms with E-state index in [0.29, 0.717) is 29.8 Å². The maximum absolute atomic E-state index is 13.6. The van der Waals surface area contributed by atoms with E-state index in [2.05, 4.69) is 11.8 Å². The zero-order chi connectivity index (χ0) is 23.8. The summed E-state index contributed by atoms with van der Waals surface area (Å²) in [5.74, 6) is -0.214. The number of hydrogen-bond acceptors (Lipinski definition) is 5. The molecule has 0 spiro atoms. The average Bonchev–Trinajstić information content (AvgIpc) is 2.88. The molecule has 3 aromatic heterocycles. The number of aromatic nitrogens is 3. The molecule has 1 amide bonds. The van der Waals surface area contributed by atoms with Gasteiger partial charge >= 0.3 is 0 Å². The Kier molecular flexibility index (Phi) is 5.75. The Morgan fingerprint density at radius 3 is 2.47 bits per heavy atom. The topological polar surface area (TPSA) is 86.7 Å². The van der Waals surface area contributed by atoms with Gasteiger partial charge in [-0.3, -0.25) is 19.4 Å². The lowest BCUT2D eigenvalue weighted by Crippen LogP contribution is -2.49. The van der Waals surface area contributed by atoms with Crippen LogP contribution >= 0.6 is 0 Å². The Morgan fingerprint density at radius 1 is 1.06 bits per heavy atom. The smallest absolute Gasteiger partial charge is 0.267 e. The Hall–Kier alpha value is -3.78. The van der Waals surface area contributed by atoms with Crippen LogP contribution in [0.15, 0.2) is 65.6 Å². The number of benzene rings is 1. The molecular weight excluding hydrogens is 428 g/mol. The van der Waals surface area contributed by atoms with Crippen LogP contribution in [0.4, 0.5) is 0 Å². The van der Waals surface area contributed by atoms with Crippen LogP contribution < -0.4 is 11.0 Å². The molecule has 8 heteroatoms. The maximum Gasteiger partial charge on any atom is 0.267 e. The molecule has 0 bridgehead atoms. The van der Waals surface area contributed by atoms with Crippen LogP contribution in [-0.2, 0) is 0 Å². The Morgan fingerprint density at radius 2 is 1.76 bits per heavy atom. The third-order valence-corrected chi connectivity index (χ3v) is 6.77. The fourth-order valence-electron chi connectivity index (χ4n) is 4.71. The summed E-state index contributed by atoms with van der Waals surface area (Å²) in [5, 5.41) is 9.40. The first-order chi connectivity index (χ1) is 16.5. The number of piperazine rings is 1. The molecule has 0 radical (unpaired) electrons. The van der Waals surface area contributed by atoms with E-state index < -0.39 is 0 Å². The third-order valence-electron chi connectivity index (χ3n) is 6.77. The normalized spacial score (nSPS) is 15.6. The fourth-order valence-corrected chi connectivity index (χ4v) is 4.71. The van der Waals surface area contributed by atoms with E-state index in [0.717, 1.165) is 25.2 Å². The van der Waals surface area contributed by atoms with Gasteiger partial charge in [-0.15, -0.1) is 0 Å². The number of nitrogens with one attached hydrogen (secondary N) is 1. The van der Waals surface area contributed by atoms with E-state index in [4.69, 9.17) is 10.4 Å². The highest BCUT2D eigenvalue weighted by molar-refractivity contribution is 5.97. The molecule has 5 rings (SSSR count). The summed E-state index contributed by atoms with van der Waals surface area (Å²) in [5.41, 5.74) is 1.93. The van der Waals surface area contributed by atoms with Gasteiger partial charge in [-0.1, -0.05) is 43.3 Å². The largest absolute Gasteiger partial charge is 0.336 e. The second-order valence-electron chi connectivity index (χ2n) is 8.67. The van der Waals surface area contributed by atoms with E-state index >= 15 is 0 Å². The van der Waals surface area contributed by atoms with Crippen molar-refractivity contribution >= 4 is 22.6 Å². The summed E-state index contributed by atoms with van der Waals surface area (Å²) in [4.78, 5) is 35.9. The molecule has 4 heterocycles. The van der Waals surface area contributed by atoms with E-state index in [-0.39, 0.29) is 28.6 Å². The van der Waals surface area contributed by atoms with Crippen molar-refractivity contribution in [3.63, 3.8) is 0 Å². The van der Waals surface area contributed by atoms with E-state index in [1.54, 1.807) is 33.9 Å². The molecule has 1 unspecified atom stereocenters. The molecule has 174 valence electrons. The van der Waals surface area contributed by atoms with Gasteiger partial charge in [-0.2, -0.15) is 0 Å². The maximum atomic E-state index is 13.6. The number of fused-ring (bicyclic) bond motifs is 2. The number of hydrogen-bond donors (Lipinski definition) is 1. The molecule has 4 aromatic rings. The van der Waals surface area contributed by atoms with Gasteiger partial charge in [0.25, 0.3) is 11.5 Å². The number of pyridine rings is 2. The molecule has 1 saturated heterocycles. The van der Waals surface area contributed by atoms with Gasteiger partial charge in [0.1, 0.15) is 16.8 Å². The van der Waals surface area contributed by atoms with Gasteiger partial charge in [0.2, 0.25) is 0 Å². The van der Waals surface area contributed by atoms with Crippen LogP contribution in [0, 0.1) is 5.41 Å². The summed E-state index contributed by atoms with van der Waals surface area (Å²) >= 11 is 0. The average molecular weight is 457 g/mol. The Labute approximate surface area is 197 Å². The third kappa shape index (κ3) is 3.70. The molecule has 34 heavy (non-hydrogen) atoms. The van der Waals surface area contributed by atoms with Crippen molar-refractivity contribution in [2.24, 2.45) is 0 Å². The molecule has 0 saturated carbocycles. The highest BCUT2D eigenvalue weighted by Gasteiger charge is 2.26. The Bertz CT molecular complexity index is 1480. The van der Waals surface area contributed by atoms with Gasteiger partial charge < -0.3 is 14.4 Å². The van der Waals surface area contributed by atoms with Gasteiger partial charge in [-0.25, -0.2) is 4.98 Å². The zero-order valence-corrected chi connectivity index (χ0v) is 19.4. The van der Waals surface area contributed by atoms with E-state index in [1.807, 2.05) is 43.3 Å². The summed E-state index contributed by atoms with van der Waals surface area (Å²) in [6, 6.07) is 16.4. The predicted molar refractivity (Wildman–Crippen MR) is 131 cm³/mol. The summed E-state index contributed by atoms with van der Waals surface area (Å²) in [6.07, 6.45) is 1.68. The number of nitrogens with zero attached hydrogens (tertiary/aromatic N) is 5. The molecular formula is C26H28N6O2. The lowest BCUT2D eigenvalue weighted by molar-refractivity contribution is 0.0640. The molecule has 1 aliphatic heterocycles. The van der Waals surface area contributed by atoms with Crippen LogP contribution in [0.5, 0.6) is 0 Å². The second kappa shape index (κ2) is 8.87. The van der Waals surface area contributed by atoms with Crippen LogP contribution in [-0.4, -0.2) is 62.4 Å². The van der Waals surface area contributed by atoms with Crippen molar-refractivity contribution in [3.05, 3.63) is 87.8 Å². The number of rotatable bonds is 4. The first kappa shape index (κ1) is 22.0. The fraction of sp³-hybridized carbons (Fsp3) is 0.308. The summed E-state index contributed by atoms with van der Waals surface area (Å²) < 4.78 is 3.20. The van der Waals surface area contributed by atoms with Crippen molar-refractivity contribution in [1.29, 1.82) is 5.41 Å². The molecule has 1 aliphatic rings. The van der Waals surface area contributed by atoms with Gasteiger partial charge in [0.05, 0.1) is 17.0 Å². The number of carbonyl (C=O) groups is 1. The zero-order valence-electron chi connectivity index (χ0n) is 19.4. The van der Waals surface area contributed by atoms with Crippen LogP contribution in [0.25, 0.3) is 16.7 Å². The molecule has 0 aliphatic carbocycles. The van der Waals surface area contributed by atoms with Crippen molar-refractivity contribution in [2.75, 3.05) is 32.7 Å². The first-order valence-corrected chi connectivity index (χ1v) is 11.7. The molecule has 1 N–H and O–H groups in total. The highest BCUT2D eigenvalue weighted by Crippen LogP contribution is 2.21. The van der Waals surface area contributed by atoms with Crippen LogP contribution in [0.1, 0.15) is 35.8 Å². The molecule has 1 fully saturated rings. The quantitative estimate of drug-likeness (QED) is 0.478. The number of amides is 1. The minimum absolute atomic E-state index is 0.0685. The van der Waals surface area contributed by atoms with Crippen molar-refractivity contribution in [3.8, 4) is 0 Å². The SMILES string of the molecule is CCN1CCN(C(=O)c2cc3c(=O)n4ccccc4nc3n(C(C)c3ccccc3)c2=N)CC1. The summed E-state index contributed by atoms with van der Waals surface area (Å²) in [6.45, 7) is 7.85. The highest BCUT2D eigenvalue weighted by atomic mass is 16.2. The van der Waals surface area contributed by atoms with Crippen molar-refractivity contribution in [1.82, 2.24) is 23.8 Å². The first-order valence-electron chi connectivity index (χ1n) is 11.7. The molecule has 1 atom stereocenters. The number of carbonyl (C=O) groups excluding carboxylic acids is 1. The van der Waals surface area contributed by atoms with Crippen molar-refractivity contribution in [2.45, 2.75) is 19.9 Å². The predicted octanol–water partition coefficient (Wildman–Crippen LogP) is 2.52. The number of likely N-dealkylation sites (N-methyl/N-ethyl adjacent to an activating group) is 1. The van der Waals surface area contributed by atoms with E-state index in [1.165, 1.54) is 4.40 Å². The lowest BCUT2D eigenvalue weighted by Gasteiger charge is -2.34. The van der Waals surface area contributed by atoms with Crippen LogP contribution in [0.2, 0.25) is 0 Å². The second-order valence-corrected chi connectivity index (χ2v) is 8.67. The van der Waals surface area contributed by atoms with Crippen molar-refractivity contribution < 1.29 is 4.79 Å². The monoisotopic (exact) mass is 456 g/mol. The van der Waals surface area contributed by atoms with Gasteiger partial charge in [-0.05, 0) is 37.2 Å². The minimum atomic E-state index is -0.293. The lowest BCUT2D eigenvalue weighted by atomic mass is 10.1. The van der Waals surface area contributed by atoms with Gasteiger partial charge in [0, 0.05) is 32.4 Å². The molecule has 1 aromatic carbocycles. The van der Waals surface area contributed by atoms with E-state index in [9.17, 15) is 9.59 Å². The Balaban J connectivity index is 1.74. The van der Waals surface area contributed by atoms with Gasteiger partial charge in [0.15, 0.2) is 0 Å².